The molecule has 0 amide bonds. The second-order valence-corrected chi connectivity index (χ2v) is 5.80. The fourth-order valence-electron chi connectivity index (χ4n) is 2.67. The van der Waals surface area contributed by atoms with Crippen LogP contribution in [0.4, 0.5) is 0 Å². The van der Waals surface area contributed by atoms with Crippen LogP contribution in [0.2, 0.25) is 0 Å². The van der Waals surface area contributed by atoms with Gasteiger partial charge in [-0.2, -0.15) is 0 Å². The molecule has 0 heterocycles. The number of carbonyl (C=O) groups is 2. The Morgan fingerprint density at radius 3 is 2.38 bits per heavy atom. The molecule has 0 radical (unpaired) electrons. The predicted molar refractivity (Wildman–Crippen MR) is 92.6 cm³/mol. The minimum Gasteiger partial charge on any atom is -0.466 e. The maximum Gasteiger partial charge on any atom is 0.313 e. The molecule has 0 saturated heterocycles. The Balaban J connectivity index is 4.64. The minimum absolute atomic E-state index is 0.0854. The first-order valence-corrected chi connectivity index (χ1v) is 8.82. The first-order valence-electron chi connectivity index (χ1n) is 8.82. The van der Waals surface area contributed by atoms with Crippen molar-refractivity contribution in [2.45, 2.75) is 71.3 Å². The summed E-state index contributed by atoms with van der Waals surface area (Å²) in [6, 6.07) is 0. The van der Waals surface area contributed by atoms with Gasteiger partial charge in [0.2, 0.25) is 0 Å². The molecule has 0 aromatic heterocycles. The molecule has 138 valence electrons. The molecule has 0 saturated carbocycles. The molecule has 0 bridgehead atoms. The Morgan fingerprint density at radius 1 is 1.12 bits per heavy atom. The van der Waals surface area contributed by atoms with Crippen LogP contribution in [-0.4, -0.2) is 38.1 Å². The number of rotatable bonds is 15. The Morgan fingerprint density at radius 2 is 1.79 bits per heavy atom. The van der Waals surface area contributed by atoms with Crippen molar-refractivity contribution in [3.63, 3.8) is 0 Å². The number of unbranched alkanes of at least 4 members (excludes halogenated alkanes) is 5. The maximum atomic E-state index is 12.4. The van der Waals surface area contributed by atoms with Crippen molar-refractivity contribution in [3.05, 3.63) is 10.4 Å². The average Bonchev–Trinajstić information content (AvgIpc) is 2.56. The van der Waals surface area contributed by atoms with E-state index in [1.165, 1.54) is 26.4 Å². The normalized spacial score (nSPS) is 13.0. The lowest BCUT2D eigenvalue weighted by Crippen LogP contribution is -2.33. The number of methoxy groups -OCH3 is 1. The smallest absolute Gasteiger partial charge is 0.313 e. The van der Waals surface area contributed by atoms with E-state index < -0.39 is 18.0 Å². The van der Waals surface area contributed by atoms with Crippen LogP contribution in [0.15, 0.2) is 5.11 Å². The van der Waals surface area contributed by atoms with E-state index in [1.54, 1.807) is 6.92 Å². The van der Waals surface area contributed by atoms with Gasteiger partial charge in [0, 0.05) is 17.9 Å². The van der Waals surface area contributed by atoms with Crippen molar-refractivity contribution in [1.82, 2.24) is 0 Å². The number of azide groups is 1. The second kappa shape index (κ2) is 15.0. The molecule has 7 heteroatoms. The van der Waals surface area contributed by atoms with Gasteiger partial charge in [-0.25, -0.2) is 0 Å². The summed E-state index contributed by atoms with van der Waals surface area (Å²) in [6.45, 7) is 4.21. The summed E-state index contributed by atoms with van der Waals surface area (Å²) in [5.41, 5.74) is 8.49. The van der Waals surface area contributed by atoms with Crippen LogP contribution < -0.4 is 0 Å². The van der Waals surface area contributed by atoms with E-state index in [9.17, 15) is 9.59 Å². The molecule has 7 nitrogen and oxygen atoms in total. The van der Waals surface area contributed by atoms with E-state index in [2.05, 4.69) is 16.9 Å². The Kier molecular flexibility index (Phi) is 14.0. The van der Waals surface area contributed by atoms with E-state index in [-0.39, 0.29) is 25.4 Å². The summed E-state index contributed by atoms with van der Waals surface area (Å²) >= 11 is 0. The van der Waals surface area contributed by atoms with E-state index in [4.69, 9.17) is 15.0 Å². The molecule has 0 aromatic rings. The van der Waals surface area contributed by atoms with Crippen LogP contribution in [0, 0.1) is 5.92 Å². The number of ether oxygens (including phenoxy) is 2. The van der Waals surface area contributed by atoms with Gasteiger partial charge in [0.15, 0.2) is 0 Å². The summed E-state index contributed by atoms with van der Waals surface area (Å²) in [6.07, 6.45) is 6.55. The van der Waals surface area contributed by atoms with Gasteiger partial charge in [-0.1, -0.05) is 50.6 Å². The van der Waals surface area contributed by atoms with Crippen molar-refractivity contribution in [3.8, 4) is 0 Å². The molecule has 2 atom stereocenters. The van der Waals surface area contributed by atoms with Gasteiger partial charge in [0.05, 0.1) is 19.3 Å². The van der Waals surface area contributed by atoms with Gasteiger partial charge in [0.1, 0.15) is 12.2 Å². The van der Waals surface area contributed by atoms with Crippen LogP contribution in [0.25, 0.3) is 10.4 Å². The summed E-state index contributed by atoms with van der Waals surface area (Å²) in [5, 5.41) is 3.52. The highest BCUT2D eigenvalue weighted by Crippen LogP contribution is 2.21. The van der Waals surface area contributed by atoms with Gasteiger partial charge in [-0.15, -0.1) is 0 Å². The molecule has 0 spiro atoms. The highest BCUT2D eigenvalue weighted by Gasteiger charge is 2.29. The molecule has 24 heavy (non-hydrogen) atoms. The van der Waals surface area contributed by atoms with Crippen molar-refractivity contribution in [1.29, 1.82) is 0 Å². The van der Waals surface area contributed by atoms with Gasteiger partial charge in [-0.05, 0) is 18.9 Å². The van der Waals surface area contributed by atoms with E-state index in [0.717, 1.165) is 19.3 Å². The highest BCUT2D eigenvalue weighted by atomic mass is 16.5. The number of hydrogen-bond acceptors (Lipinski definition) is 5. The fraction of sp³-hybridized carbons (Fsp3) is 0.882. The summed E-state index contributed by atoms with van der Waals surface area (Å²) in [4.78, 5) is 26.7. The molecule has 0 rings (SSSR count). The quantitative estimate of drug-likeness (QED) is 0.111. The number of ketones is 1. The molecule has 0 aromatic carbocycles. The predicted octanol–water partition coefficient (Wildman–Crippen LogP) is 4.20. The van der Waals surface area contributed by atoms with Gasteiger partial charge in [0.25, 0.3) is 0 Å². The Labute approximate surface area is 144 Å². The van der Waals surface area contributed by atoms with Gasteiger partial charge >= 0.3 is 5.97 Å². The number of carbonyl (C=O) groups excluding carboxylic acids is 2. The third-order valence-electron chi connectivity index (χ3n) is 3.98. The lowest BCUT2D eigenvalue weighted by Gasteiger charge is -2.23. The number of hydrogen-bond donors (Lipinski definition) is 0. The van der Waals surface area contributed by atoms with Gasteiger partial charge < -0.3 is 9.47 Å². The zero-order chi connectivity index (χ0) is 18.2. The van der Waals surface area contributed by atoms with Crippen LogP contribution in [0.1, 0.15) is 65.2 Å². The lowest BCUT2D eigenvalue weighted by atomic mass is 9.89. The van der Waals surface area contributed by atoms with E-state index in [1.807, 2.05) is 0 Å². The molecule has 0 aliphatic heterocycles. The van der Waals surface area contributed by atoms with Gasteiger partial charge in [-0.3, -0.25) is 9.59 Å². The summed E-state index contributed by atoms with van der Waals surface area (Å²) in [5.74, 6) is -1.17. The summed E-state index contributed by atoms with van der Waals surface area (Å²) < 4.78 is 10.2. The van der Waals surface area contributed by atoms with E-state index >= 15 is 0 Å². The molecule has 0 N–H and O–H groups in total. The van der Waals surface area contributed by atoms with Crippen molar-refractivity contribution >= 4 is 11.8 Å². The minimum atomic E-state index is -0.519. The second-order valence-electron chi connectivity index (χ2n) is 5.80. The Bertz CT molecular complexity index is 409. The topological polar surface area (TPSA) is 101 Å². The molecular weight excluding hydrogens is 310 g/mol. The maximum absolute atomic E-state index is 12.4. The standard InChI is InChI=1S/C17H31N3O4/c1-4-6-7-8-9-10-11-14(16(23-3)13-19-20-18)15(21)12-17(22)24-5-2/h14,16H,4-13H2,1-3H3/t14-,16-/m1/s1. The molecule has 0 unspecified atom stereocenters. The van der Waals surface area contributed by atoms with Crippen molar-refractivity contribution in [2.24, 2.45) is 11.0 Å². The third kappa shape index (κ3) is 10.2. The molecule has 0 aliphatic carbocycles. The largest absolute Gasteiger partial charge is 0.466 e. The van der Waals surface area contributed by atoms with E-state index in [0.29, 0.717) is 6.42 Å². The first-order chi connectivity index (χ1) is 11.6. The lowest BCUT2D eigenvalue weighted by molar-refractivity contribution is -0.147. The Hall–Kier alpha value is -1.59. The first kappa shape index (κ1) is 22.4. The number of Topliss-reactive ketones (excluding diaryl/α,β-unsaturated/α-hetero) is 1. The summed E-state index contributed by atoms with van der Waals surface area (Å²) in [7, 11) is 1.49. The highest BCUT2D eigenvalue weighted by molar-refractivity contribution is 5.97. The monoisotopic (exact) mass is 341 g/mol. The molecular formula is C17H31N3O4. The fourth-order valence-corrected chi connectivity index (χ4v) is 2.67. The zero-order valence-corrected chi connectivity index (χ0v) is 15.2. The van der Waals surface area contributed by atoms with Crippen molar-refractivity contribution < 1.29 is 19.1 Å². The molecule has 0 aliphatic rings. The average molecular weight is 341 g/mol. The zero-order valence-electron chi connectivity index (χ0n) is 15.2. The van der Waals surface area contributed by atoms with Crippen LogP contribution in [-0.2, 0) is 19.1 Å². The van der Waals surface area contributed by atoms with Crippen molar-refractivity contribution in [2.75, 3.05) is 20.3 Å². The molecule has 0 fully saturated rings. The van der Waals surface area contributed by atoms with Crippen LogP contribution >= 0.6 is 0 Å². The van der Waals surface area contributed by atoms with Crippen LogP contribution in [0.3, 0.4) is 0 Å². The van der Waals surface area contributed by atoms with Crippen LogP contribution in [0.5, 0.6) is 0 Å². The number of nitrogens with zero attached hydrogens (tertiary/aromatic N) is 3. The number of esters is 1. The third-order valence-corrected chi connectivity index (χ3v) is 3.98. The SMILES string of the molecule is CCCCCCCC[C@H](C(=O)CC(=O)OCC)[C@@H](CN=[N+]=[N-])OC.